The van der Waals surface area contributed by atoms with Crippen LogP contribution in [0.2, 0.25) is 0 Å². The van der Waals surface area contributed by atoms with Gasteiger partial charge < -0.3 is 11.1 Å². The summed E-state index contributed by atoms with van der Waals surface area (Å²) in [6.07, 6.45) is 7.57. The number of nitrogens with two attached hydrogens (primary N) is 1. The lowest BCUT2D eigenvalue weighted by molar-refractivity contribution is -0.127. The Morgan fingerprint density at radius 2 is 2.06 bits per heavy atom. The van der Waals surface area contributed by atoms with E-state index in [9.17, 15) is 4.79 Å². The summed E-state index contributed by atoms with van der Waals surface area (Å²) in [6.45, 7) is 0.608. The molecule has 2 bridgehead atoms. The molecule has 3 N–H and O–H groups in total. The van der Waals surface area contributed by atoms with Crippen LogP contribution < -0.4 is 11.1 Å². The summed E-state index contributed by atoms with van der Waals surface area (Å²) in [4.78, 5) is 12.2. The van der Waals surface area contributed by atoms with Gasteiger partial charge in [0.05, 0.1) is 0 Å². The smallest absolute Gasteiger partial charge is 0.223 e. The van der Waals surface area contributed by atoms with Crippen LogP contribution in [0.3, 0.4) is 0 Å². The number of fused-ring (bicyclic) bond motifs is 2. The van der Waals surface area contributed by atoms with Gasteiger partial charge in [-0.3, -0.25) is 4.79 Å². The quantitative estimate of drug-likeness (QED) is 0.752. The van der Waals surface area contributed by atoms with Gasteiger partial charge >= 0.3 is 0 Å². The normalized spacial score (nSPS) is 38.7. The number of hydrogen-bond donors (Lipinski definition) is 2. The van der Waals surface area contributed by atoms with E-state index in [1.165, 1.54) is 32.1 Å². The summed E-state index contributed by atoms with van der Waals surface area (Å²) in [6, 6.07) is 0.256. The molecular weight excluding hydrogens is 200 g/mol. The van der Waals surface area contributed by atoms with Crippen molar-refractivity contribution in [2.24, 2.45) is 29.4 Å². The molecule has 0 heterocycles. The van der Waals surface area contributed by atoms with Crippen LogP contribution >= 0.6 is 0 Å². The fourth-order valence-electron chi connectivity index (χ4n) is 3.72. The second-order valence-electron chi connectivity index (χ2n) is 5.97. The van der Waals surface area contributed by atoms with Crippen molar-refractivity contribution in [2.45, 2.75) is 44.6 Å². The fraction of sp³-hybridized carbons (Fsp3) is 0.923. The predicted octanol–water partition coefficient (Wildman–Crippen LogP) is 1.28. The van der Waals surface area contributed by atoms with E-state index in [0.29, 0.717) is 30.2 Å². The highest BCUT2D eigenvalue weighted by atomic mass is 16.2. The molecular formula is C13H22N2O. The van der Waals surface area contributed by atoms with Crippen molar-refractivity contribution < 1.29 is 4.79 Å². The van der Waals surface area contributed by atoms with Crippen LogP contribution in [-0.2, 0) is 4.79 Å². The van der Waals surface area contributed by atoms with E-state index in [4.69, 9.17) is 5.73 Å². The number of amides is 1. The Morgan fingerprint density at radius 1 is 1.25 bits per heavy atom. The molecule has 4 unspecified atom stereocenters. The molecule has 0 aromatic heterocycles. The van der Waals surface area contributed by atoms with Crippen molar-refractivity contribution >= 4 is 5.91 Å². The van der Waals surface area contributed by atoms with Gasteiger partial charge in [-0.15, -0.1) is 0 Å². The Kier molecular flexibility index (Phi) is 2.66. The Balaban J connectivity index is 1.56. The molecule has 0 aromatic carbocycles. The first-order chi connectivity index (χ1) is 7.78. The third-order valence-corrected chi connectivity index (χ3v) is 4.85. The molecule has 0 spiro atoms. The molecule has 3 aliphatic rings. The maximum absolute atomic E-state index is 12.2. The van der Waals surface area contributed by atoms with Gasteiger partial charge in [-0.05, 0) is 49.9 Å². The third kappa shape index (κ3) is 1.86. The minimum absolute atomic E-state index is 0.256. The molecule has 3 heteroatoms. The summed E-state index contributed by atoms with van der Waals surface area (Å²) in [7, 11) is 0. The van der Waals surface area contributed by atoms with Crippen molar-refractivity contribution in [3.63, 3.8) is 0 Å². The summed E-state index contributed by atoms with van der Waals surface area (Å²) in [5.74, 6) is 2.81. The SMILES string of the molecule is NCC(NC(=O)C1CC2CCC1C2)C1CC1. The Labute approximate surface area is 97.2 Å². The lowest BCUT2D eigenvalue weighted by Gasteiger charge is -2.24. The van der Waals surface area contributed by atoms with Gasteiger partial charge in [0.15, 0.2) is 0 Å². The molecule has 1 amide bonds. The lowest BCUT2D eigenvalue weighted by Crippen LogP contribution is -2.45. The summed E-state index contributed by atoms with van der Waals surface area (Å²) >= 11 is 0. The van der Waals surface area contributed by atoms with Gasteiger partial charge in [0.2, 0.25) is 5.91 Å². The monoisotopic (exact) mass is 222 g/mol. The molecule has 3 nitrogen and oxygen atoms in total. The number of nitrogens with one attached hydrogen (secondary N) is 1. The number of hydrogen-bond acceptors (Lipinski definition) is 2. The highest BCUT2D eigenvalue weighted by Crippen LogP contribution is 2.48. The predicted molar refractivity (Wildman–Crippen MR) is 62.6 cm³/mol. The van der Waals surface area contributed by atoms with Gasteiger partial charge in [0.1, 0.15) is 0 Å². The van der Waals surface area contributed by atoms with E-state index < -0.39 is 0 Å². The van der Waals surface area contributed by atoms with Gasteiger partial charge in [-0.2, -0.15) is 0 Å². The largest absolute Gasteiger partial charge is 0.352 e. The van der Waals surface area contributed by atoms with Gasteiger partial charge in [-0.1, -0.05) is 6.42 Å². The first-order valence-electron chi connectivity index (χ1n) is 6.78. The molecule has 0 aromatic rings. The third-order valence-electron chi connectivity index (χ3n) is 4.85. The minimum Gasteiger partial charge on any atom is -0.352 e. The number of carbonyl (C=O) groups excluding carboxylic acids is 1. The van der Waals surface area contributed by atoms with Gasteiger partial charge in [-0.25, -0.2) is 0 Å². The molecule has 3 aliphatic carbocycles. The van der Waals surface area contributed by atoms with Crippen molar-refractivity contribution in [1.29, 1.82) is 0 Å². The maximum atomic E-state index is 12.2. The van der Waals surface area contributed by atoms with Gasteiger partial charge in [0.25, 0.3) is 0 Å². The summed E-state index contributed by atoms with van der Waals surface area (Å²) < 4.78 is 0. The second-order valence-corrected chi connectivity index (χ2v) is 5.97. The molecule has 4 atom stereocenters. The van der Waals surface area contributed by atoms with Crippen LogP contribution in [0.25, 0.3) is 0 Å². The van der Waals surface area contributed by atoms with Crippen molar-refractivity contribution in [3.05, 3.63) is 0 Å². The van der Waals surface area contributed by atoms with Crippen molar-refractivity contribution in [1.82, 2.24) is 5.32 Å². The summed E-state index contributed by atoms with van der Waals surface area (Å²) in [5, 5.41) is 3.19. The average molecular weight is 222 g/mol. The molecule has 3 rings (SSSR count). The van der Waals surface area contributed by atoms with Crippen LogP contribution in [0.5, 0.6) is 0 Å². The molecule has 3 saturated carbocycles. The van der Waals surface area contributed by atoms with Crippen LogP contribution in [0.1, 0.15) is 38.5 Å². The molecule has 3 fully saturated rings. The molecule has 16 heavy (non-hydrogen) atoms. The van der Waals surface area contributed by atoms with E-state index in [0.717, 1.165) is 12.3 Å². The van der Waals surface area contributed by atoms with E-state index >= 15 is 0 Å². The average Bonchev–Trinajstić information content (AvgIpc) is 2.92. The Hall–Kier alpha value is -0.570. The van der Waals surface area contributed by atoms with Crippen LogP contribution in [-0.4, -0.2) is 18.5 Å². The van der Waals surface area contributed by atoms with Crippen LogP contribution in [0, 0.1) is 23.7 Å². The first kappa shape index (κ1) is 10.6. The molecule has 90 valence electrons. The van der Waals surface area contributed by atoms with Crippen molar-refractivity contribution in [3.8, 4) is 0 Å². The Bertz CT molecular complexity index is 288. The minimum atomic E-state index is 0.256. The zero-order valence-corrected chi connectivity index (χ0v) is 9.82. The molecule has 0 aliphatic heterocycles. The molecule has 0 radical (unpaired) electrons. The van der Waals surface area contributed by atoms with Crippen LogP contribution in [0.4, 0.5) is 0 Å². The topological polar surface area (TPSA) is 55.1 Å². The Morgan fingerprint density at radius 3 is 2.56 bits per heavy atom. The van der Waals surface area contributed by atoms with Crippen molar-refractivity contribution in [2.75, 3.05) is 6.54 Å². The summed E-state index contributed by atoms with van der Waals surface area (Å²) in [5.41, 5.74) is 5.72. The van der Waals surface area contributed by atoms with E-state index in [-0.39, 0.29) is 6.04 Å². The zero-order chi connectivity index (χ0) is 11.1. The van der Waals surface area contributed by atoms with Crippen LogP contribution in [0.15, 0.2) is 0 Å². The highest BCUT2D eigenvalue weighted by Gasteiger charge is 2.44. The second kappa shape index (κ2) is 4.02. The van der Waals surface area contributed by atoms with Gasteiger partial charge in [0, 0.05) is 18.5 Å². The van der Waals surface area contributed by atoms with E-state index in [1.807, 2.05) is 0 Å². The number of carbonyl (C=O) groups is 1. The maximum Gasteiger partial charge on any atom is 0.223 e. The zero-order valence-electron chi connectivity index (χ0n) is 9.82. The van der Waals surface area contributed by atoms with E-state index in [1.54, 1.807) is 0 Å². The highest BCUT2D eigenvalue weighted by molar-refractivity contribution is 5.79. The standard InChI is InChI=1S/C13H22N2O/c14-7-12(9-3-4-9)15-13(16)11-6-8-1-2-10(11)5-8/h8-12H,1-7,14H2,(H,15,16). The van der Waals surface area contributed by atoms with E-state index in [2.05, 4.69) is 5.32 Å². The number of rotatable bonds is 4. The molecule has 0 saturated heterocycles. The lowest BCUT2D eigenvalue weighted by atomic mass is 9.88. The fourth-order valence-corrected chi connectivity index (χ4v) is 3.72. The first-order valence-corrected chi connectivity index (χ1v) is 6.78.